The highest BCUT2D eigenvalue weighted by molar-refractivity contribution is 5.80. The summed E-state index contributed by atoms with van der Waals surface area (Å²) in [5, 5.41) is 7.89. The third-order valence-corrected chi connectivity index (χ3v) is 5.99. The van der Waals surface area contributed by atoms with Crippen LogP contribution in [-0.2, 0) is 7.05 Å². The summed E-state index contributed by atoms with van der Waals surface area (Å²) in [7, 11) is 3.88. The Bertz CT molecular complexity index is 589. The zero-order valence-corrected chi connectivity index (χ0v) is 17.4. The number of piperazine rings is 1. The van der Waals surface area contributed by atoms with E-state index in [1.54, 1.807) is 0 Å². The SMILES string of the molecule is CCN1CCN(CCCCNC(=NC)N2CCC(c3cnn(C)c3)C2)CC1. The third-order valence-electron chi connectivity index (χ3n) is 5.99. The molecule has 0 spiro atoms. The summed E-state index contributed by atoms with van der Waals surface area (Å²) in [6, 6.07) is 0. The summed E-state index contributed by atoms with van der Waals surface area (Å²) in [6.07, 6.45) is 7.78. The van der Waals surface area contributed by atoms with E-state index in [0.29, 0.717) is 5.92 Å². The van der Waals surface area contributed by atoms with E-state index in [4.69, 9.17) is 0 Å². The van der Waals surface area contributed by atoms with Crippen LogP contribution < -0.4 is 5.32 Å². The van der Waals surface area contributed by atoms with Crippen molar-refractivity contribution in [2.24, 2.45) is 12.0 Å². The van der Waals surface area contributed by atoms with Crippen LogP contribution in [0.5, 0.6) is 0 Å². The van der Waals surface area contributed by atoms with E-state index < -0.39 is 0 Å². The van der Waals surface area contributed by atoms with Gasteiger partial charge in [0.05, 0.1) is 6.20 Å². The standard InChI is InChI=1S/C20H37N7/c1-4-25-11-13-26(14-12-25)9-6-5-8-22-20(21-2)27-10-7-18(17-27)19-15-23-24(3)16-19/h15-16,18H,4-14,17H2,1-3H3,(H,21,22). The van der Waals surface area contributed by atoms with Gasteiger partial charge in [0.1, 0.15) is 0 Å². The Kier molecular flexibility index (Phi) is 7.52. The molecule has 0 saturated carbocycles. The van der Waals surface area contributed by atoms with E-state index in [-0.39, 0.29) is 0 Å². The Morgan fingerprint density at radius 2 is 1.96 bits per heavy atom. The van der Waals surface area contributed by atoms with Crippen LogP contribution in [0, 0.1) is 0 Å². The molecule has 2 aliphatic rings. The number of unbranched alkanes of at least 4 members (excludes halogenated alkanes) is 1. The lowest BCUT2D eigenvalue weighted by molar-refractivity contribution is 0.136. The molecule has 7 heteroatoms. The molecule has 2 fully saturated rings. The summed E-state index contributed by atoms with van der Waals surface area (Å²) in [6.45, 7) is 12.7. The van der Waals surface area contributed by atoms with Crippen LogP contribution in [0.25, 0.3) is 0 Å². The van der Waals surface area contributed by atoms with Crippen LogP contribution in [0.15, 0.2) is 17.4 Å². The van der Waals surface area contributed by atoms with Gasteiger partial charge in [-0.05, 0) is 37.9 Å². The molecule has 0 amide bonds. The smallest absolute Gasteiger partial charge is 0.193 e. The number of likely N-dealkylation sites (tertiary alicyclic amines) is 1. The number of rotatable bonds is 7. The molecule has 1 aromatic heterocycles. The van der Waals surface area contributed by atoms with Gasteiger partial charge in [0.25, 0.3) is 0 Å². The summed E-state index contributed by atoms with van der Waals surface area (Å²) < 4.78 is 1.90. The predicted molar refractivity (Wildman–Crippen MR) is 111 cm³/mol. The molecule has 0 radical (unpaired) electrons. The van der Waals surface area contributed by atoms with Crippen molar-refractivity contribution in [2.45, 2.75) is 32.1 Å². The fraction of sp³-hybridized carbons (Fsp3) is 0.800. The molecule has 7 nitrogen and oxygen atoms in total. The van der Waals surface area contributed by atoms with E-state index in [9.17, 15) is 0 Å². The number of aliphatic imine (C=N–C) groups is 1. The molecule has 2 saturated heterocycles. The Hall–Kier alpha value is -1.60. The number of hydrogen-bond donors (Lipinski definition) is 1. The molecule has 1 atom stereocenters. The molecule has 2 aliphatic heterocycles. The van der Waals surface area contributed by atoms with E-state index >= 15 is 0 Å². The average molecular weight is 376 g/mol. The Balaban J connectivity index is 1.32. The second-order valence-electron chi connectivity index (χ2n) is 7.84. The van der Waals surface area contributed by atoms with Crippen molar-refractivity contribution >= 4 is 5.96 Å². The van der Waals surface area contributed by atoms with Crippen LogP contribution in [0.4, 0.5) is 0 Å². The molecule has 1 unspecified atom stereocenters. The van der Waals surface area contributed by atoms with Gasteiger partial charge in [-0.15, -0.1) is 0 Å². The summed E-state index contributed by atoms with van der Waals surface area (Å²) >= 11 is 0. The van der Waals surface area contributed by atoms with Crippen LogP contribution in [0.1, 0.15) is 37.7 Å². The number of nitrogens with zero attached hydrogens (tertiary/aromatic N) is 6. The minimum absolute atomic E-state index is 0.569. The Morgan fingerprint density at radius 1 is 1.19 bits per heavy atom. The molecule has 3 heterocycles. The molecule has 0 bridgehead atoms. The molecule has 0 aromatic carbocycles. The number of guanidine groups is 1. The van der Waals surface area contributed by atoms with E-state index in [1.165, 1.54) is 64.1 Å². The van der Waals surface area contributed by atoms with E-state index in [1.807, 2.05) is 25.0 Å². The number of nitrogens with one attached hydrogen (secondary N) is 1. The quantitative estimate of drug-likeness (QED) is 0.441. The first-order valence-electron chi connectivity index (χ1n) is 10.6. The highest BCUT2D eigenvalue weighted by atomic mass is 15.3. The molecule has 1 N–H and O–H groups in total. The first-order valence-corrected chi connectivity index (χ1v) is 10.6. The zero-order valence-electron chi connectivity index (χ0n) is 17.4. The second-order valence-corrected chi connectivity index (χ2v) is 7.84. The van der Waals surface area contributed by atoms with Gasteiger partial charge in [-0.2, -0.15) is 5.10 Å². The minimum Gasteiger partial charge on any atom is -0.356 e. The zero-order chi connectivity index (χ0) is 19.1. The second kappa shape index (κ2) is 10.1. The normalized spacial score (nSPS) is 22.6. The van der Waals surface area contributed by atoms with Gasteiger partial charge in [-0.25, -0.2) is 0 Å². The summed E-state index contributed by atoms with van der Waals surface area (Å²) in [5.74, 6) is 1.62. The highest BCUT2D eigenvalue weighted by Gasteiger charge is 2.26. The molecule has 0 aliphatic carbocycles. The Morgan fingerprint density at radius 3 is 2.63 bits per heavy atom. The molecule has 1 aromatic rings. The van der Waals surface area contributed by atoms with Gasteiger partial charge in [-0.1, -0.05) is 6.92 Å². The lowest BCUT2D eigenvalue weighted by Crippen LogP contribution is -2.46. The van der Waals surface area contributed by atoms with Crippen molar-refractivity contribution in [1.29, 1.82) is 0 Å². The van der Waals surface area contributed by atoms with E-state index in [0.717, 1.165) is 25.6 Å². The van der Waals surface area contributed by atoms with Crippen LogP contribution in [-0.4, -0.2) is 96.4 Å². The minimum atomic E-state index is 0.569. The molecule has 152 valence electrons. The van der Waals surface area contributed by atoms with Crippen molar-refractivity contribution < 1.29 is 0 Å². The maximum Gasteiger partial charge on any atom is 0.193 e. The van der Waals surface area contributed by atoms with Crippen LogP contribution in [0.3, 0.4) is 0 Å². The van der Waals surface area contributed by atoms with Gasteiger partial charge >= 0.3 is 0 Å². The monoisotopic (exact) mass is 375 g/mol. The topological polar surface area (TPSA) is 51.9 Å². The third kappa shape index (κ3) is 5.69. The number of aromatic nitrogens is 2. The fourth-order valence-electron chi connectivity index (χ4n) is 4.20. The summed E-state index contributed by atoms with van der Waals surface area (Å²) in [4.78, 5) is 12.0. The number of aryl methyl sites for hydroxylation is 1. The molecule has 27 heavy (non-hydrogen) atoms. The van der Waals surface area contributed by atoms with E-state index in [2.05, 4.69) is 43.2 Å². The summed E-state index contributed by atoms with van der Waals surface area (Å²) in [5.41, 5.74) is 1.35. The predicted octanol–water partition coefficient (Wildman–Crippen LogP) is 1.20. The van der Waals surface area contributed by atoms with Crippen LogP contribution in [0.2, 0.25) is 0 Å². The molecular weight excluding hydrogens is 338 g/mol. The van der Waals surface area contributed by atoms with Crippen molar-refractivity contribution in [3.05, 3.63) is 18.0 Å². The molecule has 3 rings (SSSR count). The largest absolute Gasteiger partial charge is 0.356 e. The number of hydrogen-bond acceptors (Lipinski definition) is 4. The van der Waals surface area contributed by atoms with Gasteiger partial charge in [-0.3, -0.25) is 9.67 Å². The van der Waals surface area contributed by atoms with Crippen molar-refractivity contribution in [1.82, 2.24) is 29.8 Å². The highest BCUT2D eigenvalue weighted by Crippen LogP contribution is 2.26. The lowest BCUT2D eigenvalue weighted by Gasteiger charge is -2.34. The van der Waals surface area contributed by atoms with Crippen LogP contribution >= 0.6 is 0 Å². The average Bonchev–Trinajstić information content (AvgIpc) is 3.34. The first-order chi connectivity index (χ1) is 13.2. The number of likely N-dealkylation sites (N-methyl/N-ethyl adjacent to an activating group) is 1. The maximum absolute atomic E-state index is 4.50. The molecular formula is C20H37N7. The van der Waals surface area contributed by atoms with Gasteiger partial charge in [0.2, 0.25) is 0 Å². The van der Waals surface area contributed by atoms with Crippen molar-refractivity contribution in [3.8, 4) is 0 Å². The Labute approximate surface area is 164 Å². The maximum atomic E-state index is 4.50. The van der Waals surface area contributed by atoms with Gasteiger partial charge in [0.15, 0.2) is 5.96 Å². The fourth-order valence-corrected chi connectivity index (χ4v) is 4.20. The van der Waals surface area contributed by atoms with Crippen molar-refractivity contribution in [3.63, 3.8) is 0 Å². The first kappa shape index (κ1) is 20.1. The van der Waals surface area contributed by atoms with Gasteiger partial charge in [0, 0.05) is 72.0 Å². The van der Waals surface area contributed by atoms with Gasteiger partial charge < -0.3 is 20.0 Å². The van der Waals surface area contributed by atoms with Crippen molar-refractivity contribution in [2.75, 3.05) is 66.0 Å². The lowest BCUT2D eigenvalue weighted by atomic mass is 10.0.